The molecule has 4 N–H and O–H groups in total. The van der Waals surface area contributed by atoms with Crippen molar-refractivity contribution in [3.05, 3.63) is 48.5 Å². The van der Waals surface area contributed by atoms with Crippen LogP contribution in [0.5, 0.6) is 0 Å². The first-order valence-electron chi connectivity index (χ1n) is 6.53. The smallest absolute Gasteiger partial charge is 0.182 e. The van der Waals surface area contributed by atoms with E-state index in [4.69, 9.17) is 5.73 Å². The number of nitrogens with one attached hydrogen (secondary N) is 2. The Morgan fingerprint density at radius 2 is 2.00 bits per heavy atom. The van der Waals surface area contributed by atoms with Crippen LogP contribution in [0, 0.1) is 0 Å². The Labute approximate surface area is 116 Å². The molecule has 2 aromatic heterocycles. The number of H-pyrrole nitrogens is 1. The minimum absolute atomic E-state index is 0.0165. The highest BCUT2D eigenvalue weighted by atomic mass is 15.1. The average molecular weight is 268 g/mol. The molecule has 102 valence electrons. The molecule has 2 heterocycles. The van der Waals surface area contributed by atoms with Crippen LogP contribution < -0.4 is 11.1 Å². The lowest BCUT2D eigenvalue weighted by atomic mass is 10.1. The normalized spacial score (nSPS) is 12.4. The zero-order valence-electron chi connectivity index (χ0n) is 11.0. The third-order valence-electron chi connectivity index (χ3n) is 3.20. The van der Waals surface area contributed by atoms with Crippen LogP contribution in [-0.2, 0) is 0 Å². The van der Waals surface area contributed by atoms with E-state index in [1.54, 1.807) is 6.33 Å². The number of aromatic amines is 1. The van der Waals surface area contributed by atoms with Gasteiger partial charge in [0.15, 0.2) is 11.5 Å². The number of hydrogen-bond donors (Lipinski definition) is 3. The topological polar surface area (TPSA) is 92.5 Å². The maximum Gasteiger partial charge on any atom is 0.182 e. The van der Waals surface area contributed by atoms with Gasteiger partial charge in [0, 0.05) is 12.6 Å². The van der Waals surface area contributed by atoms with Crippen molar-refractivity contribution in [1.29, 1.82) is 0 Å². The molecule has 3 rings (SSSR count). The van der Waals surface area contributed by atoms with Gasteiger partial charge in [-0.1, -0.05) is 30.3 Å². The number of nitrogens with zero attached hydrogens (tertiary/aromatic N) is 3. The summed E-state index contributed by atoms with van der Waals surface area (Å²) < 4.78 is 0. The lowest BCUT2D eigenvalue weighted by molar-refractivity contribution is 0.674. The van der Waals surface area contributed by atoms with E-state index < -0.39 is 0 Å². The number of rotatable bonds is 5. The summed E-state index contributed by atoms with van der Waals surface area (Å²) >= 11 is 0. The lowest BCUT2D eigenvalue weighted by Crippen LogP contribution is -2.15. The Hall–Kier alpha value is -2.47. The first-order chi connectivity index (χ1) is 9.84. The van der Waals surface area contributed by atoms with Crippen molar-refractivity contribution >= 4 is 17.0 Å². The molecule has 0 aliphatic rings. The molecule has 0 aliphatic heterocycles. The number of imidazole rings is 1. The Morgan fingerprint density at radius 1 is 1.15 bits per heavy atom. The van der Waals surface area contributed by atoms with Gasteiger partial charge < -0.3 is 16.0 Å². The molecule has 0 spiro atoms. The van der Waals surface area contributed by atoms with Crippen molar-refractivity contribution in [3.63, 3.8) is 0 Å². The summed E-state index contributed by atoms with van der Waals surface area (Å²) in [6.45, 7) is 0.737. The minimum atomic E-state index is 0.0165. The minimum Gasteiger partial charge on any atom is -0.368 e. The van der Waals surface area contributed by atoms with E-state index in [0.29, 0.717) is 5.65 Å². The summed E-state index contributed by atoms with van der Waals surface area (Å²) in [5, 5.41) is 3.27. The first kappa shape index (κ1) is 12.6. The number of anilines is 1. The van der Waals surface area contributed by atoms with Crippen LogP contribution in [0.15, 0.2) is 43.0 Å². The van der Waals surface area contributed by atoms with Crippen molar-refractivity contribution in [2.24, 2.45) is 5.73 Å². The molecule has 0 saturated heterocycles. The van der Waals surface area contributed by atoms with E-state index in [1.165, 1.54) is 6.33 Å². The van der Waals surface area contributed by atoms with Gasteiger partial charge in [0.1, 0.15) is 11.8 Å². The highest BCUT2D eigenvalue weighted by Gasteiger charge is 2.07. The predicted octanol–water partition coefficient (Wildman–Crippen LogP) is 1.85. The summed E-state index contributed by atoms with van der Waals surface area (Å²) in [5.74, 6) is 0.757. The van der Waals surface area contributed by atoms with Gasteiger partial charge >= 0.3 is 0 Å². The van der Waals surface area contributed by atoms with E-state index in [9.17, 15) is 0 Å². The van der Waals surface area contributed by atoms with Crippen molar-refractivity contribution in [3.8, 4) is 0 Å². The summed E-state index contributed by atoms with van der Waals surface area (Å²) in [4.78, 5) is 15.4. The molecule has 3 aromatic rings. The number of benzene rings is 1. The maximum atomic E-state index is 6.16. The quantitative estimate of drug-likeness (QED) is 0.656. The molecule has 20 heavy (non-hydrogen) atoms. The van der Waals surface area contributed by atoms with E-state index in [1.807, 2.05) is 30.3 Å². The molecule has 0 aliphatic carbocycles. The molecule has 0 amide bonds. The third kappa shape index (κ3) is 2.60. The van der Waals surface area contributed by atoms with E-state index in [0.717, 1.165) is 29.9 Å². The highest BCUT2D eigenvalue weighted by Crippen LogP contribution is 2.16. The fourth-order valence-corrected chi connectivity index (χ4v) is 2.11. The number of aromatic nitrogens is 4. The molecule has 1 aromatic carbocycles. The van der Waals surface area contributed by atoms with Crippen molar-refractivity contribution in [1.82, 2.24) is 19.9 Å². The molecule has 1 atom stereocenters. The summed E-state index contributed by atoms with van der Waals surface area (Å²) in [7, 11) is 0. The van der Waals surface area contributed by atoms with Crippen molar-refractivity contribution < 1.29 is 0 Å². The molecule has 0 bridgehead atoms. The molecule has 6 nitrogen and oxygen atoms in total. The number of hydrogen-bond acceptors (Lipinski definition) is 5. The third-order valence-corrected chi connectivity index (χ3v) is 3.20. The van der Waals surface area contributed by atoms with Gasteiger partial charge in [0.25, 0.3) is 0 Å². The molecular weight excluding hydrogens is 252 g/mol. The van der Waals surface area contributed by atoms with Crippen LogP contribution in [0.2, 0.25) is 0 Å². The summed E-state index contributed by atoms with van der Waals surface area (Å²) in [6, 6.07) is 10.1. The predicted molar refractivity (Wildman–Crippen MR) is 78.2 cm³/mol. The van der Waals surface area contributed by atoms with Crippen LogP contribution >= 0.6 is 0 Å². The second-order valence-corrected chi connectivity index (χ2v) is 4.56. The van der Waals surface area contributed by atoms with Crippen LogP contribution in [0.4, 0.5) is 5.82 Å². The van der Waals surface area contributed by atoms with Gasteiger partial charge in [-0.3, -0.25) is 0 Å². The molecule has 0 fully saturated rings. The summed E-state index contributed by atoms with van der Waals surface area (Å²) in [5.41, 5.74) is 8.78. The van der Waals surface area contributed by atoms with Gasteiger partial charge in [0.2, 0.25) is 0 Å². The second kappa shape index (κ2) is 5.66. The summed E-state index contributed by atoms with van der Waals surface area (Å²) in [6.07, 6.45) is 3.94. The molecule has 0 radical (unpaired) electrons. The fourth-order valence-electron chi connectivity index (χ4n) is 2.11. The van der Waals surface area contributed by atoms with Crippen LogP contribution in [0.1, 0.15) is 18.0 Å². The van der Waals surface area contributed by atoms with E-state index in [2.05, 4.69) is 25.3 Å². The van der Waals surface area contributed by atoms with E-state index >= 15 is 0 Å². The standard InChI is InChI=1S/C14H16N6/c15-11(10-4-2-1-3-5-10)6-7-16-13-12-14(18-8-17-12)20-9-19-13/h1-5,8-9,11H,6-7,15H2,(H2,16,17,18,19,20). The largest absolute Gasteiger partial charge is 0.368 e. The Bertz CT molecular complexity index is 678. The van der Waals surface area contributed by atoms with Gasteiger partial charge in [-0.15, -0.1) is 0 Å². The first-order valence-corrected chi connectivity index (χ1v) is 6.53. The maximum absolute atomic E-state index is 6.16. The van der Waals surface area contributed by atoms with Gasteiger partial charge in [-0.2, -0.15) is 0 Å². The van der Waals surface area contributed by atoms with Crippen molar-refractivity contribution in [2.45, 2.75) is 12.5 Å². The molecule has 1 unspecified atom stereocenters. The zero-order valence-corrected chi connectivity index (χ0v) is 11.0. The van der Waals surface area contributed by atoms with E-state index in [-0.39, 0.29) is 6.04 Å². The number of nitrogens with two attached hydrogens (primary N) is 1. The molecular formula is C14H16N6. The van der Waals surface area contributed by atoms with Gasteiger partial charge in [-0.05, 0) is 12.0 Å². The highest BCUT2D eigenvalue weighted by molar-refractivity contribution is 5.81. The molecule has 6 heteroatoms. The lowest BCUT2D eigenvalue weighted by Gasteiger charge is -2.12. The van der Waals surface area contributed by atoms with Crippen LogP contribution in [0.3, 0.4) is 0 Å². The van der Waals surface area contributed by atoms with Gasteiger partial charge in [-0.25, -0.2) is 15.0 Å². The van der Waals surface area contributed by atoms with Gasteiger partial charge in [0.05, 0.1) is 6.33 Å². The fraction of sp³-hybridized carbons (Fsp3) is 0.214. The van der Waals surface area contributed by atoms with Crippen LogP contribution in [-0.4, -0.2) is 26.5 Å². The number of fused-ring (bicyclic) bond motifs is 1. The van der Waals surface area contributed by atoms with Crippen LogP contribution in [0.25, 0.3) is 11.2 Å². The Balaban J connectivity index is 1.61. The zero-order chi connectivity index (χ0) is 13.8. The van der Waals surface area contributed by atoms with Crippen molar-refractivity contribution in [2.75, 3.05) is 11.9 Å². The average Bonchev–Trinajstić information content (AvgIpc) is 2.97. The SMILES string of the molecule is NC(CCNc1ncnc2nc[nH]c12)c1ccccc1. The Morgan fingerprint density at radius 3 is 2.85 bits per heavy atom. The monoisotopic (exact) mass is 268 g/mol. The molecule has 0 saturated carbocycles. The second-order valence-electron chi connectivity index (χ2n) is 4.56. The Kier molecular flexibility index (Phi) is 3.56.